The van der Waals surface area contributed by atoms with Gasteiger partial charge in [-0.3, -0.25) is 14.4 Å². The second kappa shape index (κ2) is 7.62. The zero-order chi connectivity index (χ0) is 22.3. The van der Waals surface area contributed by atoms with Crippen molar-refractivity contribution in [2.75, 3.05) is 10.6 Å². The van der Waals surface area contributed by atoms with Crippen molar-refractivity contribution in [3.63, 3.8) is 0 Å². The average Bonchev–Trinajstić information content (AvgIpc) is 3.20. The Kier molecular flexibility index (Phi) is 5.48. The average molecular weight is 426 g/mol. The Balaban J connectivity index is 1.85. The number of carbonyl (C=O) groups excluding carboxylic acids is 4. The van der Waals surface area contributed by atoms with Crippen LogP contribution in [-0.2, 0) is 20.6 Å². The molecule has 1 aliphatic heterocycles. The zero-order valence-electron chi connectivity index (χ0n) is 16.4. The van der Waals surface area contributed by atoms with Crippen molar-refractivity contribution >= 4 is 35.1 Å². The lowest BCUT2D eigenvalue weighted by molar-refractivity contribution is -0.137. The van der Waals surface area contributed by atoms with Gasteiger partial charge in [-0.2, -0.15) is 13.2 Å². The molecule has 30 heavy (non-hydrogen) atoms. The van der Waals surface area contributed by atoms with E-state index in [9.17, 15) is 32.3 Å². The minimum atomic E-state index is -4.67. The number of benzene rings is 1. The van der Waals surface area contributed by atoms with Crippen LogP contribution in [0.4, 0.5) is 29.3 Å². The largest absolute Gasteiger partial charge is 0.416 e. The molecule has 1 saturated heterocycles. The number of alkyl halides is 3. The van der Waals surface area contributed by atoms with Gasteiger partial charge < -0.3 is 16.0 Å². The first kappa shape index (κ1) is 21.6. The third kappa shape index (κ3) is 3.96. The van der Waals surface area contributed by atoms with Crippen molar-refractivity contribution in [1.82, 2.24) is 10.2 Å². The summed E-state index contributed by atoms with van der Waals surface area (Å²) < 4.78 is 39.2. The van der Waals surface area contributed by atoms with E-state index in [1.807, 2.05) is 0 Å². The van der Waals surface area contributed by atoms with Crippen LogP contribution in [0.25, 0.3) is 0 Å². The van der Waals surface area contributed by atoms with Crippen LogP contribution in [0.5, 0.6) is 0 Å². The SMILES string of the molecule is CC(=O)Nc1ccc(C(F)(F)F)cc1NC(=O)C(C)N1C(=O)NC2(CCCC2)C1=O. The van der Waals surface area contributed by atoms with Gasteiger partial charge in [-0.1, -0.05) is 12.8 Å². The molecule has 2 fully saturated rings. The molecular weight excluding hydrogens is 405 g/mol. The lowest BCUT2D eigenvalue weighted by Gasteiger charge is -2.24. The Morgan fingerprint density at radius 1 is 1.13 bits per heavy atom. The molecule has 5 amide bonds. The van der Waals surface area contributed by atoms with Crippen LogP contribution in [0.15, 0.2) is 18.2 Å². The fourth-order valence-corrected chi connectivity index (χ4v) is 3.79. The van der Waals surface area contributed by atoms with Gasteiger partial charge in [0.2, 0.25) is 11.8 Å². The quantitative estimate of drug-likeness (QED) is 0.644. The highest BCUT2D eigenvalue weighted by atomic mass is 19.4. The fourth-order valence-electron chi connectivity index (χ4n) is 3.79. The van der Waals surface area contributed by atoms with Gasteiger partial charge in [-0.15, -0.1) is 0 Å². The van der Waals surface area contributed by atoms with E-state index in [0.717, 1.165) is 29.9 Å². The number of nitrogens with one attached hydrogen (secondary N) is 3. The number of imide groups is 1. The third-order valence-corrected chi connectivity index (χ3v) is 5.33. The van der Waals surface area contributed by atoms with E-state index < -0.39 is 47.1 Å². The highest BCUT2D eigenvalue weighted by Crippen LogP contribution is 2.37. The third-order valence-electron chi connectivity index (χ3n) is 5.33. The minimum absolute atomic E-state index is 0.0412. The van der Waals surface area contributed by atoms with Crippen LogP contribution in [0, 0.1) is 0 Å². The van der Waals surface area contributed by atoms with Crippen molar-refractivity contribution in [3.05, 3.63) is 23.8 Å². The normalized spacial score (nSPS) is 19.0. The molecule has 3 N–H and O–H groups in total. The Morgan fingerprint density at radius 3 is 2.33 bits per heavy atom. The molecule has 8 nitrogen and oxygen atoms in total. The first-order valence-corrected chi connectivity index (χ1v) is 9.40. The monoisotopic (exact) mass is 426 g/mol. The highest BCUT2D eigenvalue weighted by Gasteiger charge is 2.54. The van der Waals surface area contributed by atoms with Gasteiger partial charge in [0, 0.05) is 6.92 Å². The molecular formula is C19H21F3N4O4. The molecule has 11 heteroatoms. The van der Waals surface area contributed by atoms with Crippen LogP contribution in [0.1, 0.15) is 45.1 Å². The molecule has 1 saturated carbocycles. The minimum Gasteiger partial charge on any atom is -0.325 e. The van der Waals surface area contributed by atoms with Gasteiger partial charge in [0.15, 0.2) is 0 Å². The van der Waals surface area contributed by atoms with E-state index in [4.69, 9.17) is 0 Å². The van der Waals surface area contributed by atoms with Crippen molar-refractivity contribution in [3.8, 4) is 0 Å². The molecule has 0 aromatic heterocycles. The first-order valence-electron chi connectivity index (χ1n) is 9.40. The van der Waals surface area contributed by atoms with Crippen molar-refractivity contribution in [2.24, 2.45) is 0 Å². The number of nitrogens with zero attached hydrogens (tertiary/aromatic N) is 1. The summed E-state index contributed by atoms with van der Waals surface area (Å²) in [5.41, 5.74) is -2.37. The maximum atomic E-state index is 13.1. The van der Waals surface area contributed by atoms with Crippen LogP contribution >= 0.6 is 0 Å². The van der Waals surface area contributed by atoms with Gasteiger partial charge in [0.1, 0.15) is 11.6 Å². The van der Waals surface area contributed by atoms with Gasteiger partial charge in [-0.25, -0.2) is 9.69 Å². The van der Waals surface area contributed by atoms with E-state index >= 15 is 0 Å². The molecule has 1 atom stereocenters. The van der Waals surface area contributed by atoms with Crippen LogP contribution in [0.3, 0.4) is 0 Å². The molecule has 1 unspecified atom stereocenters. The second-order valence-corrected chi connectivity index (χ2v) is 7.50. The lowest BCUT2D eigenvalue weighted by atomic mass is 9.97. The Morgan fingerprint density at radius 2 is 1.77 bits per heavy atom. The summed E-state index contributed by atoms with van der Waals surface area (Å²) in [5.74, 6) is -1.92. The predicted octanol–water partition coefficient (Wildman–Crippen LogP) is 2.86. The van der Waals surface area contributed by atoms with Crippen LogP contribution < -0.4 is 16.0 Å². The lowest BCUT2D eigenvalue weighted by Crippen LogP contribution is -2.48. The second-order valence-electron chi connectivity index (χ2n) is 7.50. The van der Waals surface area contributed by atoms with Crippen LogP contribution in [0.2, 0.25) is 0 Å². The summed E-state index contributed by atoms with van der Waals surface area (Å²) in [6.07, 6.45) is -2.18. The maximum absolute atomic E-state index is 13.1. The standard InChI is InChI=1S/C19H21F3N4O4/c1-10(26-16(29)18(25-17(26)30)7-3-4-8-18)15(28)24-14-9-12(19(20,21)22)5-6-13(14)23-11(2)27/h5-6,9-10H,3-4,7-8H2,1-2H3,(H,23,27)(H,24,28)(H,25,30). The number of rotatable bonds is 4. The number of carbonyl (C=O) groups is 4. The molecule has 2 aliphatic rings. The summed E-state index contributed by atoms with van der Waals surface area (Å²) in [7, 11) is 0. The Labute approximate surface area is 170 Å². The molecule has 1 heterocycles. The Hall–Kier alpha value is -3.11. The maximum Gasteiger partial charge on any atom is 0.416 e. The summed E-state index contributed by atoms with van der Waals surface area (Å²) in [5, 5.41) is 7.29. The summed E-state index contributed by atoms with van der Waals surface area (Å²) in [4.78, 5) is 50.0. The molecule has 0 radical (unpaired) electrons. The Bertz CT molecular complexity index is 910. The number of hydrogen-bond acceptors (Lipinski definition) is 4. The molecule has 0 bridgehead atoms. The topological polar surface area (TPSA) is 108 Å². The summed E-state index contributed by atoms with van der Waals surface area (Å²) >= 11 is 0. The van der Waals surface area contributed by atoms with Gasteiger partial charge in [0.05, 0.1) is 16.9 Å². The molecule has 3 rings (SSSR count). The van der Waals surface area contributed by atoms with Crippen molar-refractivity contribution in [1.29, 1.82) is 0 Å². The van der Waals surface area contributed by atoms with E-state index in [0.29, 0.717) is 18.9 Å². The molecule has 1 aromatic rings. The smallest absolute Gasteiger partial charge is 0.325 e. The number of amides is 5. The number of halogens is 3. The van der Waals surface area contributed by atoms with Gasteiger partial charge >= 0.3 is 12.2 Å². The predicted molar refractivity (Wildman–Crippen MR) is 100 cm³/mol. The summed E-state index contributed by atoms with van der Waals surface area (Å²) in [6.45, 7) is 2.48. The number of anilines is 2. The molecule has 1 aliphatic carbocycles. The van der Waals surface area contributed by atoms with Gasteiger partial charge in [0.25, 0.3) is 5.91 Å². The van der Waals surface area contributed by atoms with Gasteiger partial charge in [-0.05, 0) is 38.0 Å². The molecule has 1 spiro atoms. The van der Waals surface area contributed by atoms with Crippen molar-refractivity contribution < 1.29 is 32.3 Å². The molecule has 162 valence electrons. The number of hydrogen-bond donors (Lipinski definition) is 3. The highest BCUT2D eigenvalue weighted by molar-refractivity contribution is 6.11. The van der Waals surface area contributed by atoms with E-state index in [2.05, 4.69) is 16.0 Å². The van der Waals surface area contributed by atoms with Crippen LogP contribution in [-0.4, -0.2) is 40.2 Å². The van der Waals surface area contributed by atoms with E-state index in [1.165, 1.54) is 13.8 Å². The van der Waals surface area contributed by atoms with E-state index in [1.54, 1.807) is 0 Å². The van der Waals surface area contributed by atoms with Crippen molar-refractivity contribution in [2.45, 2.75) is 57.3 Å². The first-order chi connectivity index (χ1) is 13.9. The summed E-state index contributed by atoms with van der Waals surface area (Å²) in [6, 6.07) is 0.491. The molecule has 1 aromatic carbocycles. The van der Waals surface area contributed by atoms with E-state index in [-0.39, 0.29) is 11.4 Å². The fraction of sp³-hybridized carbons (Fsp3) is 0.474. The zero-order valence-corrected chi connectivity index (χ0v) is 16.4. The number of urea groups is 1.